The molecule has 2 N–H and O–H groups in total. The number of hydrogen-bond donors (Lipinski definition) is 2. The van der Waals surface area contributed by atoms with Crippen LogP contribution in [-0.4, -0.2) is 25.7 Å². The second kappa shape index (κ2) is 7.75. The number of pyridine rings is 1. The number of furan rings is 1. The van der Waals surface area contributed by atoms with E-state index in [-0.39, 0.29) is 5.56 Å². The number of H-pyrrole nitrogens is 1. The maximum atomic E-state index is 12.5. The van der Waals surface area contributed by atoms with Crippen LogP contribution < -0.4 is 10.9 Å². The Morgan fingerprint density at radius 1 is 1.11 bits per heavy atom. The van der Waals surface area contributed by atoms with Gasteiger partial charge < -0.3 is 14.7 Å². The van der Waals surface area contributed by atoms with Crippen molar-refractivity contribution in [1.82, 2.24) is 25.1 Å². The molecule has 0 saturated carbocycles. The van der Waals surface area contributed by atoms with Crippen molar-refractivity contribution in [3.05, 3.63) is 94.5 Å². The predicted molar refractivity (Wildman–Crippen MR) is 102 cm³/mol. The molecule has 0 aliphatic rings. The van der Waals surface area contributed by atoms with Crippen LogP contribution in [0.15, 0.2) is 76.7 Å². The molecule has 0 spiro atoms. The van der Waals surface area contributed by atoms with Crippen molar-refractivity contribution in [3.8, 4) is 11.5 Å². The van der Waals surface area contributed by atoms with E-state index in [0.717, 1.165) is 11.1 Å². The molecule has 8 nitrogen and oxygen atoms in total. The third-order valence-corrected chi connectivity index (χ3v) is 4.30. The van der Waals surface area contributed by atoms with Gasteiger partial charge in [0, 0.05) is 6.54 Å². The first-order chi connectivity index (χ1) is 13.7. The predicted octanol–water partition coefficient (Wildman–Crippen LogP) is 2.20. The molecule has 0 saturated heterocycles. The Morgan fingerprint density at radius 2 is 1.96 bits per heavy atom. The van der Waals surface area contributed by atoms with Crippen LogP contribution in [0.3, 0.4) is 0 Å². The first-order valence-corrected chi connectivity index (χ1v) is 8.65. The Morgan fingerprint density at radius 3 is 2.68 bits per heavy atom. The summed E-state index contributed by atoms with van der Waals surface area (Å²) >= 11 is 0. The number of rotatable bonds is 6. The third kappa shape index (κ3) is 3.75. The summed E-state index contributed by atoms with van der Waals surface area (Å²) in [7, 11) is 0. The number of benzene rings is 1. The van der Waals surface area contributed by atoms with Crippen LogP contribution in [0.25, 0.3) is 11.5 Å². The maximum absolute atomic E-state index is 12.5. The highest BCUT2D eigenvalue weighted by Crippen LogP contribution is 2.16. The summed E-state index contributed by atoms with van der Waals surface area (Å²) < 4.78 is 6.96. The monoisotopic (exact) mass is 375 g/mol. The lowest BCUT2D eigenvalue weighted by molar-refractivity contribution is 0.0949. The quantitative estimate of drug-likeness (QED) is 0.537. The molecule has 1 aromatic carbocycles. The van der Waals surface area contributed by atoms with E-state index in [0.29, 0.717) is 24.5 Å². The van der Waals surface area contributed by atoms with Crippen molar-refractivity contribution in [1.29, 1.82) is 0 Å². The van der Waals surface area contributed by atoms with Gasteiger partial charge in [0.15, 0.2) is 0 Å². The molecular weight excluding hydrogens is 358 g/mol. The number of aromatic nitrogens is 4. The molecule has 28 heavy (non-hydrogen) atoms. The summed E-state index contributed by atoms with van der Waals surface area (Å²) in [5.41, 5.74) is 2.04. The Balaban J connectivity index is 1.47. The van der Waals surface area contributed by atoms with Gasteiger partial charge in [-0.1, -0.05) is 24.3 Å². The normalized spacial score (nSPS) is 10.7. The largest absolute Gasteiger partial charge is 0.463 e. The van der Waals surface area contributed by atoms with Gasteiger partial charge in [-0.2, -0.15) is 5.10 Å². The summed E-state index contributed by atoms with van der Waals surface area (Å²) in [6.45, 7) is 0.841. The summed E-state index contributed by atoms with van der Waals surface area (Å²) in [4.78, 5) is 31.4. The van der Waals surface area contributed by atoms with Crippen molar-refractivity contribution in [3.63, 3.8) is 0 Å². The van der Waals surface area contributed by atoms with Crippen LogP contribution in [0, 0.1) is 0 Å². The zero-order chi connectivity index (χ0) is 19.3. The molecule has 0 unspecified atom stereocenters. The lowest BCUT2D eigenvalue weighted by Gasteiger charge is -2.11. The molecule has 0 fully saturated rings. The van der Waals surface area contributed by atoms with Gasteiger partial charge in [-0.25, -0.2) is 9.67 Å². The van der Waals surface area contributed by atoms with Crippen LogP contribution in [0.5, 0.6) is 0 Å². The fraction of sp³-hybridized carbons (Fsp3) is 0.100. The molecule has 1 amide bonds. The first kappa shape index (κ1) is 17.5. The van der Waals surface area contributed by atoms with E-state index in [9.17, 15) is 9.59 Å². The molecular formula is C20H17N5O3. The van der Waals surface area contributed by atoms with Crippen LogP contribution in [0.1, 0.15) is 21.5 Å². The molecule has 4 aromatic rings. The molecule has 0 radical (unpaired) electrons. The van der Waals surface area contributed by atoms with Crippen LogP contribution >= 0.6 is 0 Å². The number of carbonyl (C=O) groups excluding carboxylic acids is 1. The fourth-order valence-corrected chi connectivity index (χ4v) is 2.87. The molecule has 8 heteroatoms. The molecule has 0 aliphatic heterocycles. The van der Waals surface area contributed by atoms with E-state index >= 15 is 0 Å². The first-order valence-electron chi connectivity index (χ1n) is 8.65. The Kier molecular flexibility index (Phi) is 4.83. The number of nitrogens with zero attached hydrogens (tertiary/aromatic N) is 3. The highest BCUT2D eigenvalue weighted by Gasteiger charge is 2.13. The summed E-state index contributed by atoms with van der Waals surface area (Å²) in [5, 5.41) is 6.90. The van der Waals surface area contributed by atoms with Crippen molar-refractivity contribution in [2.24, 2.45) is 0 Å². The van der Waals surface area contributed by atoms with Crippen molar-refractivity contribution in [2.45, 2.75) is 13.1 Å². The van der Waals surface area contributed by atoms with E-state index < -0.39 is 11.5 Å². The second-order valence-corrected chi connectivity index (χ2v) is 6.14. The minimum Gasteiger partial charge on any atom is -0.463 e. The van der Waals surface area contributed by atoms with E-state index in [2.05, 4.69) is 20.4 Å². The second-order valence-electron chi connectivity index (χ2n) is 6.14. The standard InChI is InChI=1S/C20H17N5O3/c26-19(16-7-8-17(24-20(16)27)18-6-3-9-28-18)22-10-14-4-1-2-5-15(14)11-25-13-21-12-23-25/h1-9,12-13H,10-11H2,(H,22,26)(H,24,27). The van der Waals surface area contributed by atoms with E-state index in [1.165, 1.54) is 18.7 Å². The topological polar surface area (TPSA) is 106 Å². The maximum Gasteiger partial charge on any atom is 0.261 e. The van der Waals surface area contributed by atoms with Crippen LogP contribution in [-0.2, 0) is 13.1 Å². The average Bonchev–Trinajstić information content (AvgIpc) is 3.41. The summed E-state index contributed by atoms with van der Waals surface area (Å²) in [6.07, 6.45) is 4.63. The van der Waals surface area contributed by atoms with Crippen molar-refractivity contribution >= 4 is 5.91 Å². The minimum atomic E-state index is -0.470. The van der Waals surface area contributed by atoms with Gasteiger partial charge in [-0.05, 0) is 35.4 Å². The SMILES string of the molecule is O=C(NCc1ccccc1Cn1cncn1)c1ccc(-c2ccco2)[nH]c1=O. The Hall–Kier alpha value is -3.94. The molecule has 4 rings (SSSR count). The molecule has 3 heterocycles. The number of carbonyl (C=O) groups is 1. The van der Waals surface area contributed by atoms with Gasteiger partial charge in [0.25, 0.3) is 11.5 Å². The van der Waals surface area contributed by atoms with Gasteiger partial charge in [0.05, 0.1) is 18.5 Å². The van der Waals surface area contributed by atoms with Crippen LogP contribution in [0.2, 0.25) is 0 Å². The lowest BCUT2D eigenvalue weighted by atomic mass is 10.1. The Labute approximate surface area is 159 Å². The van der Waals surface area contributed by atoms with Gasteiger partial charge in [0.2, 0.25) is 0 Å². The van der Waals surface area contributed by atoms with Crippen molar-refractivity contribution in [2.75, 3.05) is 0 Å². The van der Waals surface area contributed by atoms with Gasteiger partial charge in [0.1, 0.15) is 24.0 Å². The zero-order valence-corrected chi connectivity index (χ0v) is 14.8. The highest BCUT2D eigenvalue weighted by molar-refractivity contribution is 5.94. The fourth-order valence-electron chi connectivity index (χ4n) is 2.87. The molecule has 0 bridgehead atoms. The molecule has 0 aliphatic carbocycles. The van der Waals surface area contributed by atoms with E-state index in [1.54, 1.807) is 29.2 Å². The molecule has 0 atom stereocenters. The summed E-state index contributed by atoms with van der Waals surface area (Å²) in [5.74, 6) is 0.0916. The minimum absolute atomic E-state index is 0.0454. The Bertz CT molecular complexity index is 1130. The lowest BCUT2D eigenvalue weighted by Crippen LogP contribution is -2.29. The number of aromatic amines is 1. The zero-order valence-electron chi connectivity index (χ0n) is 14.8. The van der Waals surface area contributed by atoms with E-state index in [1.807, 2.05) is 24.3 Å². The molecule has 140 valence electrons. The van der Waals surface area contributed by atoms with Crippen LogP contribution in [0.4, 0.5) is 0 Å². The van der Waals surface area contributed by atoms with Gasteiger partial charge in [-0.3, -0.25) is 9.59 Å². The summed E-state index contributed by atoms with van der Waals surface area (Å²) in [6, 6.07) is 14.3. The smallest absolute Gasteiger partial charge is 0.261 e. The third-order valence-electron chi connectivity index (χ3n) is 4.30. The number of nitrogens with one attached hydrogen (secondary N) is 2. The highest BCUT2D eigenvalue weighted by atomic mass is 16.3. The van der Waals surface area contributed by atoms with E-state index in [4.69, 9.17) is 4.42 Å². The number of amides is 1. The van der Waals surface area contributed by atoms with Gasteiger partial charge >= 0.3 is 0 Å². The van der Waals surface area contributed by atoms with Crippen molar-refractivity contribution < 1.29 is 9.21 Å². The average molecular weight is 375 g/mol. The number of hydrogen-bond acceptors (Lipinski definition) is 5. The molecule has 3 aromatic heterocycles. The van der Waals surface area contributed by atoms with Gasteiger partial charge in [-0.15, -0.1) is 0 Å².